The van der Waals surface area contributed by atoms with Crippen molar-refractivity contribution in [3.8, 4) is 23.0 Å². The van der Waals surface area contributed by atoms with E-state index in [1.807, 2.05) is 31.2 Å². The molecule has 0 saturated heterocycles. The van der Waals surface area contributed by atoms with Crippen molar-refractivity contribution in [2.24, 2.45) is 0 Å². The van der Waals surface area contributed by atoms with Gasteiger partial charge < -0.3 is 19.2 Å². The van der Waals surface area contributed by atoms with Gasteiger partial charge >= 0.3 is 0 Å². The predicted octanol–water partition coefficient (Wildman–Crippen LogP) is 3.91. The van der Waals surface area contributed by atoms with E-state index in [0.717, 1.165) is 5.56 Å². The zero-order valence-corrected chi connectivity index (χ0v) is 15.8. The van der Waals surface area contributed by atoms with Crippen LogP contribution >= 0.6 is 0 Å². The fraction of sp³-hybridized carbons (Fsp3) is 0.238. The van der Waals surface area contributed by atoms with Gasteiger partial charge in [-0.25, -0.2) is 4.98 Å². The van der Waals surface area contributed by atoms with Crippen LogP contribution in [-0.2, 0) is 6.54 Å². The van der Waals surface area contributed by atoms with Crippen LogP contribution in [0.5, 0.6) is 11.5 Å². The van der Waals surface area contributed by atoms with Crippen LogP contribution in [0.2, 0.25) is 0 Å². The number of nitrogens with one attached hydrogen (secondary N) is 1. The Labute approximate surface area is 158 Å². The van der Waals surface area contributed by atoms with Gasteiger partial charge in [0.1, 0.15) is 5.76 Å². The topological polar surface area (TPSA) is 73.6 Å². The molecule has 0 bridgehead atoms. The van der Waals surface area contributed by atoms with Gasteiger partial charge in [-0.15, -0.1) is 0 Å². The third-order valence-electron chi connectivity index (χ3n) is 4.22. The van der Waals surface area contributed by atoms with E-state index >= 15 is 0 Å². The molecule has 0 aliphatic carbocycles. The first-order chi connectivity index (χ1) is 13.0. The van der Waals surface area contributed by atoms with E-state index in [1.54, 1.807) is 39.3 Å². The summed E-state index contributed by atoms with van der Waals surface area (Å²) in [4.78, 5) is 16.9. The fourth-order valence-electron chi connectivity index (χ4n) is 2.67. The number of benzene rings is 2. The maximum atomic E-state index is 12.5. The van der Waals surface area contributed by atoms with Crippen molar-refractivity contribution in [2.75, 3.05) is 14.2 Å². The standard InChI is InChI=1S/C21H22N2O4/c1-13-5-7-15(8-6-13)12-22-20(24)19-14(2)27-21(23-19)16-9-10-17(25-3)18(11-16)26-4/h5-11H,12H2,1-4H3,(H,22,24). The van der Waals surface area contributed by atoms with Gasteiger partial charge in [0.15, 0.2) is 17.2 Å². The van der Waals surface area contributed by atoms with E-state index in [4.69, 9.17) is 13.9 Å². The molecule has 0 atom stereocenters. The Morgan fingerprint density at radius 3 is 2.41 bits per heavy atom. The number of oxazole rings is 1. The number of carbonyl (C=O) groups is 1. The molecule has 0 spiro atoms. The summed E-state index contributed by atoms with van der Waals surface area (Å²) >= 11 is 0. The first kappa shape index (κ1) is 18.5. The van der Waals surface area contributed by atoms with Crippen molar-refractivity contribution in [3.63, 3.8) is 0 Å². The SMILES string of the molecule is COc1ccc(-c2nc(C(=O)NCc3ccc(C)cc3)c(C)o2)cc1OC. The van der Waals surface area contributed by atoms with Crippen LogP contribution in [0.15, 0.2) is 46.9 Å². The van der Waals surface area contributed by atoms with Crippen molar-refractivity contribution in [1.82, 2.24) is 10.3 Å². The van der Waals surface area contributed by atoms with Gasteiger partial charge in [0.2, 0.25) is 5.89 Å². The van der Waals surface area contributed by atoms with Gasteiger partial charge in [0.05, 0.1) is 14.2 Å². The Kier molecular flexibility index (Phi) is 5.45. The van der Waals surface area contributed by atoms with Crippen LogP contribution in [0, 0.1) is 13.8 Å². The van der Waals surface area contributed by atoms with Crippen molar-refractivity contribution < 1.29 is 18.7 Å². The number of ether oxygens (including phenoxy) is 2. The molecule has 2 aromatic carbocycles. The minimum Gasteiger partial charge on any atom is -0.493 e. The molecule has 1 N–H and O–H groups in total. The molecular formula is C21H22N2O4. The quantitative estimate of drug-likeness (QED) is 0.716. The second-order valence-electron chi connectivity index (χ2n) is 6.16. The van der Waals surface area contributed by atoms with E-state index < -0.39 is 0 Å². The molecule has 1 heterocycles. The van der Waals surface area contributed by atoms with Gasteiger partial charge in [-0.1, -0.05) is 29.8 Å². The maximum Gasteiger partial charge on any atom is 0.273 e. The average molecular weight is 366 g/mol. The van der Waals surface area contributed by atoms with Gasteiger partial charge in [0.25, 0.3) is 5.91 Å². The number of hydrogen-bond donors (Lipinski definition) is 1. The highest BCUT2D eigenvalue weighted by Crippen LogP contribution is 2.32. The number of aryl methyl sites for hydroxylation is 2. The van der Waals surface area contributed by atoms with Crippen molar-refractivity contribution in [1.29, 1.82) is 0 Å². The number of amides is 1. The van der Waals surface area contributed by atoms with Crippen LogP contribution < -0.4 is 14.8 Å². The van der Waals surface area contributed by atoms with Gasteiger partial charge in [-0.2, -0.15) is 0 Å². The lowest BCUT2D eigenvalue weighted by molar-refractivity contribution is 0.0945. The number of rotatable bonds is 6. The van der Waals surface area contributed by atoms with Gasteiger partial charge in [0, 0.05) is 12.1 Å². The summed E-state index contributed by atoms with van der Waals surface area (Å²) in [5.41, 5.74) is 3.17. The molecule has 0 saturated carbocycles. The molecular weight excluding hydrogens is 344 g/mol. The van der Waals surface area contributed by atoms with Gasteiger partial charge in [-0.3, -0.25) is 4.79 Å². The highest BCUT2D eigenvalue weighted by Gasteiger charge is 2.19. The Morgan fingerprint density at radius 2 is 1.74 bits per heavy atom. The average Bonchev–Trinajstić information content (AvgIpc) is 3.08. The normalized spacial score (nSPS) is 10.5. The highest BCUT2D eigenvalue weighted by atomic mass is 16.5. The number of aromatic nitrogens is 1. The minimum absolute atomic E-state index is 0.270. The third kappa shape index (κ3) is 4.11. The summed E-state index contributed by atoms with van der Waals surface area (Å²) in [5, 5.41) is 2.88. The van der Waals surface area contributed by atoms with E-state index in [9.17, 15) is 4.79 Å². The van der Waals surface area contributed by atoms with Crippen LogP contribution in [0.1, 0.15) is 27.4 Å². The Bertz CT molecular complexity index is 945. The lowest BCUT2D eigenvalue weighted by atomic mass is 10.1. The maximum absolute atomic E-state index is 12.5. The molecule has 3 aromatic rings. The molecule has 0 aliphatic heterocycles. The van der Waals surface area contributed by atoms with E-state index in [0.29, 0.717) is 35.3 Å². The lowest BCUT2D eigenvalue weighted by Crippen LogP contribution is -2.23. The van der Waals surface area contributed by atoms with E-state index in [-0.39, 0.29) is 11.6 Å². The largest absolute Gasteiger partial charge is 0.493 e. The van der Waals surface area contributed by atoms with E-state index in [2.05, 4.69) is 10.3 Å². The molecule has 1 aromatic heterocycles. The number of hydrogen-bond acceptors (Lipinski definition) is 5. The number of nitrogens with zero attached hydrogens (tertiary/aromatic N) is 1. The molecule has 3 rings (SSSR count). The Hall–Kier alpha value is -3.28. The number of methoxy groups -OCH3 is 2. The monoisotopic (exact) mass is 366 g/mol. The summed E-state index contributed by atoms with van der Waals surface area (Å²) in [6, 6.07) is 13.3. The summed E-state index contributed by atoms with van der Waals surface area (Å²) < 4.78 is 16.2. The summed E-state index contributed by atoms with van der Waals surface area (Å²) in [5.74, 6) is 1.72. The molecule has 6 nitrogen and oxygen atoms in total. The third-order valence-corrected chi connectivity index (χ3v) is 4.22. The summed E-state index contributed by atoms with van der Waals surface area (Å²) in [6.07, 6.45) is 0. The zero-order valence-electron chi connectivity index (χ0n) is 15.8. The second-order valence-corrected chi connectivity index (χ2v) is 6.16. The predicted molar refractivity (Wildman–Crippen MR) is 102 cm³/mol. The fourth-order valence-corrected chi connectivity index (χ4v) is 2.67. The molecule has 6 heteroatoms. The van der Waals surface area contributed by atoms with Crippen LogP contribution in [0.3, 0.4) is 0 Å². The summed E-state index contributed by atoms with van der Waals surface area (Å²) in [7, 11) is 3.13. The van der Waals surface area contributed by atoms with Crippen LogP contribution in [-0.4, -0.2) is 25.1 Å². The Morgan fingerprint density at radius 1 is 1.04 bits per heavy atom. The zero-order chi connectivity index (χ0) is 19.4. The van der Waals surface area contributed by atoms with E-state index in [1.165, 1.54) is 5.56 Å². The Balaban J connectivity index is 1.77. The molecule has 0 unspecified atom stereocenters. The smallest absolute Gasteiger partial charge is 0.273 e. The molecule has 27 heavy (non-hydrogen) atoms. The first-order valence-corrected chi connectivity index (χ1v) is 8.55. The van der Waals surface area contributed by atoms with Gasteiger partial charge in [-0.05, 0) is 37.6 Å². The highest BCUT2D eigenvalue weighted by molar-refractivity contribution is 5.93. The molecule has 1 amide bonds. The van der Waals surface area contributed by atoms with Crippen LogP contribution in [0.25, 0.3) is 11.5 Å². The molecule has 0 aliphatic rings. The first-order valence-electron chi connectivity index (χ1n) is 8.55. The molecule has 0 fully saturated rings. The van der Waals surface area contributed by atoms with Crippen molar-refractivity contribution >= 4 is 5.91 Å². The lowest BCUT2D eigenvalue weighted by Gasteiger charge is -2.07. The molecule has 0 radical (unpaired) electrons. The van der Waals surface area contributed by atoms with Crippen LogP contribution in [0.4, 0.5) is 0 Å². The number of carbonyl (C=O) groups excluding carboxylic acids is 1. The van der Waals surface area contributed by atoms with Crippen molar-refractivity contribution in [3.05, 3.63) is 65.0 Å². The summed E-state index contributed by atoms with van der Waals surface area (Å²) in [6.45, 7) is 4.17. The minimum atomic E-state index is -0.274. The van der Waals surface area contributed by atoms with Crippen molar-refractivity contribution in [2.45, 2.75) is 20.4 Å². The molecule has 140 valence electrons. The second kappa shape index (κ2) is 7.95.